The first-order chi connectivity index (χ1) is 10.6. The summed E-state index contributed by atoms with van der Waals surface area (Å²) >= 11 is 6.11. The van der Waals surface area contributed by atoms with Gasteiger partial charge < -0.3 is 15.0 Å². The molecule has 22 heavy (non-hydrogen) atoms. The van der Waals surface area contributed by atoms with Crippen molar-refractivity contribution in [3.05, 3.63) is 23.2 Å². The van der Waals surface area contributed by atoms with E-state index >= 15 is 0 Å². The number of methoxy groups -OCH3 is 1. The van der Waals surface area contributed by atoms with Crippen molar-refractivity contribution in [1.29, 1.82) is 0 Å². The molecule has 0 radical (unpaired) electrons. The quantitative estimate of drug-likeness (QED) is 0.806. The van der Waals surface area contributed by atoms with Crippen molar-refractivity contribution in [1.82, 2.24) is 15.3 Å². The fourth-order valence-corrected chi connectivity index (χ4v) is 3.13. The standard InChI is InChI=1S/C15H19ClN4O2/c1-22-9-15(5-7-17-8-6-15)13(21)20-14-18-11-4-2-3-10(16)12(11)19-14/h2-4,17H,5-9H2,1H3,(H2,18,19,20,21). The summed E-state index contributed by atoms with van der Waals surface area (Å²) in [6.07, 6.45) is 1.49. The molecule has 3 rings (SSSR count). The second-order valence-corrected chi connectivity index (χ2v) is 6.05. The number of amides is 1. The Bertz CT molecular complexity index is 674. The highest BCUT2D eigenvalue weighted by atomic mass is 35.5. The smallest absolute Gasteiger partial charge is 0.235 e. The highest BCUT2D eigenvalue weighted by Crippen LogP contribution is 2.31. The van der Waals surface area contributed by atoms with Crippen LogP contribution in [0.2, 0.25) is 5.02 Å². The molecule has 0 spiro atoms. The number of piperidine rings is 1. The van der Waals surface area contributed by atoms with Gasteiger partial charge >= 0.3 is 0 Å². The van der Waals surface area contributed by atoms with E-state index in [-0.39, 0.29) is 5.91 Å². The molecule has 118 valence electrons. The van der Waals surface area contributed by atoms with Gasteiger partial charge in [-0.2, -0.15) is 0 Å². The van der Waals surface area contributed by atoms with E-state index in [1.807, 2.05) is 12.1 Å². The number of aromatic nitrogens is 2. The number of halogens is 1. The lowest BCUT2D eigenvalue weighted by molar-refractivity contribution is -0.130. The highest BCUT2D eigenvalue weighted by molar-refractivity contribution is 6.35. The van der Waals surface area contributed by atoms with E-state index in [0.29, 0.717) is 23.1 Å². The second-order valence-electron chi connectivity index (χ2n) is 5.64. The second kappa shape index (κ2) is 6.24. The molecule has 6 nitrogen and oxygen atoms in total. The molecule has 0 bridgehead atoms. The van der Waals surface area contributed by atoms with Crippen LogP contribution in [0.5, 0.6) is 0 Å². The Balaban J connectivity index is 1.83. The monoisotopic (exact) mass is 322 g/mol. The van der Waals surface area contributed by atoms with E-state index in [1.165, 1.54) is 0 Å². The number of hydrogen-bond acceptors (Lipinski definition) is 4. The molecule has 1 aromatic carbocycles. The van der Waals surface area contributed by atoms with Crippen LogP contribution < -0.4 is 10.6 Å². The van der Waals surface area contributed by atoms with Crippen molar-refractivity contribution in [2.75, 3.05) is 32.1 Å². The maximum absolute atomic E-state index is 12.7. The van der Waals surface area contributed by atoms with E-state index in [4.69, 9.17) is 16.3 Å². The molecular weight excluding hydrogens is 304 g/mol. The van der Waals surface area contributed by atoms with Crippen LogP contribution in [0.15, 0.2) is 18.2 Å². The van der Waals surface area contributed by atoms with Gasteiger partial charge in [0.1, 0.15) is 5.52 Å². The minimum Gasteiger partial charge on any atom is -0.384 e. The van der Waals surface area contributed by atoms with Crippen molar-refractivity contribution < 1.29 is 9.53 Å². The van der Waals surface area contributed by atoms with Gasteiger partial charge in [0, 0.05) is 7.11 Å². The lowest BCUT2D eigenvalue weighted by Gasteiger charge is -2.35. The van der Waals surface area contributed by atoms with E-state index in [9.17, 15) is 4.79 Å². The summed E-state index contributed by atoms with van der Waals surface area (Å²) in [5, 5.41) is 6.71. The molecule has 1 fully saturated rings. The van der Waals surface area contributed by atoms with Crippen LogP contribution in [0.3, 0.4) is 0 Å². The molecule has 2 heterocycles. The lowest BCUT2D eigenvalue weighted by atomic mass is 9.79. The lowest BCUT2D eigenvalue weighted by Crippen LogP contribution is -2.47. The van der Waals surface area contributed by atoms with Crippen LogP contribution in [-0.2, 0) is 9.53 Å². The van der Waals surface area contributed by atoms with E-state index in [1.54, 1.807) is 13.2 Å². The zero-order valence-corrected chi connectivity index (χ0v) is 13.2. The van der Waals surface area contributed by atoms with Crippen molar-refractivity contribution >= 4 is 34.5 Å². The van der Waals surface area contributed by atoms with Crippen molar-refractivity contribution in [3.8, 4) is 0 Å². The third kappa shape index (κ3) is 2.82. The molecule has 1 aliphatic rings. The number of imidazole rings is 1. The Morgan fingerprint density at radius 1 is 1.45 bits per heavy atom. The van der Waals surface area contributed by atoms with E-state index < -0.39 is 5.41 Å². The van der Waals surface area contributed by atoms with Gasteiger partial charge in [-0.15, -0.1) is 0 Å². The Kier molecular flexibility index (Phi) is 4.33. The number of H-pyrrole nitrogens is 1. The minimum absolute atomic E-state index is 0.0639. The number of anilines is 1. The van der Waals surface area contributed by atoms with Crippen LogP contribution in [0.1, 0.15) is 12.8 Å². The average Bonchev–Trinajstić information content (AvgIpc) is 2.92. The number of para-hydroxylation sites is 1. The Hall–Kier alpha value is -1.63. The largest absolute Gasteiger partial charge is 0.384 e. The van der Waals surface area contributed by atoms with Gasteiger partial charge in [-0.25, -0.2) is 4.98 Å². The van der Waals surface area contributed by atoms with Crippen LogP contribution in [0.4, 0.5) is 5.95 Å². The number of hydrogen-bond donors (Lipinski definition) is 3. The summed E-state index contributed by atoms with van der Waals surface area (Å²) in [6, 6.07) is 5.49. The average molecular weight is 323 g/mol. The number of ether oxygens (including phenoxy) is 1. The zero-order valence-electron chi connectivity index (χ0n) is 12.4. The fraction of sp³-hybridized carbons (Fsp3) is 0.467. The van der Waals surface area contributed by atoms with Gasteiger partial charge in [-0.3, -0.25) is 10.1 Å². The molecule has 2 aromatic rings. The van der Waals surface area contributed by atoms with Crippen LogP contribution in [0.25, 0.3) is 11.0 Å². The molecule has 0 atom stereocenters. The molecule has 3 N–H and O–H groups in total. The summed E-state index contributed by atoms with van der Waals surface area (Å²) < 4.78 is 5.28. The van der Waals surface area contributed by atoms with Gasteiger partial charge in [0.15, 0.2) is 0 Å². The number of benzene rings is 1. The number of nitrogens with one attached hydrogen (secondary N) is 3. The van der Waals surface area contributed by atoms with E-state index in [2.05, 4.69) is 20.6 Å². The molecule has 7 heteroatoms. The summed E-state index contributed by atoms with van der Waals surface area (Å²) in [4.78, 5) is 20.2. The van der Waals surface area contributed by atoms with Crippen molar-refractivity contribution in [2.24, 2.45) is 5.41 Å². The maximum Gasteiger partial charge on any atom is 0.235 e. The van der Waals surface area contributed by atoms with E-state index in [0.717, 1.165) is 31.4 Å². The molecule has 1 aliphatic heterocycles. The third-order valence-electron chi connectivity index (χ3n) is 4.16. The number of fused-ring (bicyclic) bond motifs is 1. The fourth-order valence-electron chi connectivity index (χ4n) is 2.92. The summed E-state index contributed by atoms with van der Waals surface area (Å²) in [7, 11) is 1.62. The number of carbonyl (C=O) groups excluding carboxylic acids is 1. The first-order valence-corrected chi connectivity index (χ1v) is 7.68. The molecule has 0 saturated carbocycles. The molecule has 1 amide bonds. The summed E-state index contributed by atoms with van der Waals surface area (Å²) in [5.74, 6) is 0.355. The minimum atomic E-state index is -0.511. The van der Waals surface area contributed by atoms with Gasteiger partial charge in [-0.05, 0) is 38.1 Å². The number of rotatable bonds is 4. The first-order valence-electron chi connectivity index (χ1n) is 7.30. The topological polar surface area (TPSA) is 79.0 Å². The predicted octanol–water partition coefficient (Wildman–Crippen LogP) is 2.17. The number of carbonyl (C=O) groups is 1. The normalized spacial score (nSPS) is 17.5. The van der Waals surface area contributed by atoms with Gasteiger partial charge in [0.05, 0.1) is 22.6 Å². The van der Waals surface area contributed by atoms with Crippen LogP contribution >= 0.6 is 11.6 Å². The Labute approximate surface area is 133 Å². The van der Waals surface area contributed by atoms with Gasteiger partial charge in [0.25, 0.3) is 0 Å². The first kappa shape index (κ1) is 15.3. The predicted molar refractivity (Wildman–Crippen MR) is 86.1 cm³/mol. The molecular formula is C15H19ClN4O2. The Morgan fingerprint density at radius 3 is 2.91 bits per heavy atom. The zero-order chi connectivity index (χ0) is 15.6. The highest BCUT2D eigenvalue weighted by Gasteiger charge is 2.40. The Morgan fingerprint density at radius 2 is 2.23 bits per heavy atom. The summed E-state index contributed by atoms with van der Waals surface area (Å²) in [5.41, 5.74) is 0.947. The maximum atomic E-state index is 12.7. The molecule has 0 aliphatic carbocycles. The SMILES string of the molecule is COCC1(C(=O)Nc2nc3c(Cl)cccc3[nH]2)CCNCC1. The molecule has 1 aromatic heterocycles. The molecule has 0 unspecified atom stereocenters. The molecule has 1 saturated heterocycles. The van der Waals surface area contributed by atoms with Crippen LogP contribution in [-0.4, -0.2) is 42.7 Å². The van der Waals surface area contributed by atoms with Crippen LogP contribution in [0, 0.1) is 5.41 Å². The summed E-state index contributed by atoms with van der Waals surface area (Å²) in [6.45, 7) is 2.02. The van der Waals surface area contributed by atoms with Crippen molar-refractivity contribution in [3.63, 3.8) is 0 Å². The third-order valence-corrected chi connectivity index (χ3v) is 4.46. The van der Waals surface area contributed by atoms with Gasteiger partial charge in [-0.1, -0.05) is 17.7 Å². The van der Waals surface area contributed by atoms with Crippen molar-refractivity contribution in [2.45, 2.75) is 12.8 Å². The number of aromatic amines is 1. The number of nitrogens with zero attached hydrogens (tertiary/aromatic N) is 1. The van der Waals surface area contributed by atoms with Gasteiger partial charge in [0.2, 0.25) is 11.9 Å².